The summed E-state index contributed by atoms with van der Waals surface area (Å²) in [4.78, 5) is 16.3. The lowest BCUT2D eigenvalue weighted by molar-refractivity contribution is 0.0933. The molecular weight excluding hydrogens is 286 g/mol. The fraction of sp³-hybridized carbons (Fsp3) is 0.625. The lowest BCUT2D eigenvalue weighted by atomic mass is 9.87. The molecule has 0 bridgehead atoms. The predicted octanol–water partition coefficient (Wildman–Crippen LogP) is 4.11. The van der Waals surface area contributed by atoms with Crippen LogP contribution in [0.2, 0.25) is 5.02 Å². The first-order chi connectivity index (χ1) is 9.89. The number of hydrogen-bond donors (Lipinski definition) is 2. The molecule has 1 amide bonds. The van der Waals surface area contributed by atoms with E-state index in [4.69, 9.17) is 11.6 Å². The second-order valence-electron chi connectivity index (χ2n) is 6.11. The summed E-state index contributed by atoms with van der Waals surface area (Å²) in [5, 5.41) is 6.30. The van der Waals surface area contributed by atoms with Gasteiger partial charge in [0.05, 0.1) is 10.6 Å². The molecule has 0 aliphatic heterocycles. The first-order valence-corrected chi connectivity index (χ1v) is 7.89. The first kappa shape index (κ1) is 17.8. The molecule has 1 aromatic rings. The van der Waals surface area contributed by atoms with Crippen molar-refractivity contribution in [1.29, 1.82) is 0 Å². The Balaban J connectivity index is 2.55. The number of amides is 1. The van der Waals surface area contributed by atoms with Crippen LogP contribution in [0.1, 0.15) is 56.8 Å². The smallest absolute Gasteiger partial charge is 0.252 e. The van der Waals surface area contributed by atoms with Gasteiger partial charge in [-0.2, -0.15) is 0 Å². The molecule has 0 saturated carbocycles. The minimum Gasteiger partial charge on any atom is -0.372 e. The number of aromatic nitrogens is 1. The summed E-state index contributed by atoms with van der Waals surface area (Å²) in [5.74, 6) is 0.448. The molecule has 0 atom stereocenters. The molecule has 0 unspecified atom stereocenters. The normalized spacial score (nSPS) is 11.3. The van der Waals surface area contributed by atoms with Gasteiger partial charge in [-0.05, 0) is 17.9 Å². The molecule has 4 nitrogen and oxygen atoms in total. The van der Waals surface area contributed by atoms with Crippen LogP contribution >= 0.6 is 11.6 Å². The van der Waals surface area contributed by atoms with Crippen LogP contribution in [-0.2, 0) is 0 Å². The topological polar surface area (TPSA) is 54.0 Å². The number of hydrogen-bond acceptors (Lipinski definition) is 3. The number of pyridine rings is 1. The van der Waals surface area contributed by atoms with Gasteiger partial charge in [-0.1, -0.05) is 51.6 Å². The van der Waals surface area contributed by atoms with Crippen LogP contribution < -0.4 is 10.6 Å². The van der Waals surface area contributed by atoms with Crippen molar-refractivity contribution in [1.82, 2.24) is 10.3 Å². The number of carbonyl (C=O) groups is 1. The summed E-state index contributed by atoms with van der Waals surface area (Å²) in [6.07, 6.45) is 6.30. The van der Waals surface area contributed by atoms with E-state index in [1.54, 1.807) is 13.1 Å². The van der Waals surface area contributed by atoms with Gasteiger partial charge in [-0.3, -0.25) is 4.79 Å². The Kier molecular flexibility index (Phi) is 6.96. The molecule has 0 saturated heterocycles. The van der Waals surface area contributed by atoms with Crippen molar-refractivity contribution in [2.75, 3.05) is 18.9 Å². The number of unbranched alkanes of at least 4 members (excludes halogenated alkanes) is 2. The third-order valence-corrected chi connectivity index (χ3v) is 3.81. The lowest BCUT2D eigenvalue weighted by Crippen LogP contribution is -2.34. The minimum absolute atomic E-state index is 0.104. The highest BCUT2D eigenvalue weighted by Crippen LogP contribution is 2.23. The van der Waals surface area contributed by atoms with E-state index in [9.17, 15) is 4.79 Å². The van der Waals surface area contributed by atoms with E-state index in [0.717, 1.165) is 6.42 Å². The highest BCUT2D eigenvalue weighted by molar-refractivity contribution is 6.33. The summed E-state index contributed by atoms with van der Waals surface area (Å²) in [6.45, 7) is 7.21. The van der Waals surface area contributed by atoms with Gasteiger partial charge in [0.25, 0.3) is 5.91 Å². The molecular formula is C16H26ClN3O. The molecule has 118 valence electrons. The second kappa shape index (κ2) is 8.23. The molecule has 0 spiro atoms. The fourth-order valence-corrected chi connectivity index (χ4v) is 2.37. The van der Waals surface area contributed by atoms with E-state index < -0.39 is 0 Å². The van der Waals surface area contributed by atoms with Crippen LogP contribution in [0.3, 0.4) is 0 Å². The van der Waals surface area contributed by atoms with Crippen LogP contribution in [0.4, 0.5) is 5.82 Å². The van der Waals surface area contributed by atoms with Crippen LogP contribution in [0.5, 0.6) is 0 Å². The van der Waals surface area contributed by atoms with Gasteiger partial charge in [0.15, 0.2) is 0 Å². The third kappa shape index (κ3) is 5.92. The lowest BCUT2D eigenvalue weighted by Gasteiger charge is -2.25. The maximum atomic E-state index is 12.1. The molecule has 1 heterocycles. The number of anilines is 1. The van der Waals surface area contributed by atoms with E-state index in [2.05, 4.69) is 36.4 Å². The van der Waals surface area contributed by atoms with E-state index in [1.807, 2.05) is 0 Å². The van der Waals surface area contributed by atoms with Crippen LogP contribution in [-0.4, -0.2) is 24.5 Å². The third-order valence-electron chi connectivity index (χ3n) is 3.52. The first-order valence-electron chi connectivity index (χ1n) is 7.51. The van der Waals surface area contributed by atoms with Gasteiger partial charge in [-0.15, -0.1) is 0 Å². The summed E-state index contributed by atoms with van der Waals surface area (Å²) in [6, 6.07) is 1.64. The van der Waals surface area contributed by atoms with Crippen molar-refractivity contribution in [3.63, 3.8) is 0 Å². The summed E-state index contributed by atoms with van der Waals surface area (Å²) in [7, 11) is 1.74. The predicted molar refractivity (Wildman–Crippen MR) is 89.0 cm³/mol. The average Bonchev–Trinajstić information content (AvgIpc) is 2.45. The SMILES string of the molecule is CCCCCC(C)(C)CNC(=O)c1cnc(NC)c(Cl)c1. The van der Waals surface area contributed by atoms with Gasteiger partial charge in [0, 0.05) is 19.8 Å². The molecule has 1 aromatic heterocycles. The minimum atomic E-state index is -0.129. The summed E-state index contributed by atoms with van der Waals surface area (Å²) < 4.78 is 0. The monoisotopic (exact) mass is 311 g/mol. The zero-order chi connectivity index (χ0) is 15.9. The van der Waals surface area contributed by atoms with Crippen molar-refractivity contribution in [2.24, 2.45) is 5.41 Å². The largest absolute Gasteiger partial charge is 0.372 e. The molecule has 0 radical (unpaired) electrons. The van der Waals surface area contributed by atoms with Crippen LogP contribution in [0, 0.1) is 5.41 Å². The van der Waals surface area contributed by atoms with Crippen molar-refractivity contribution < 1.29 is 4.79 Å². The highest BCUT2D eigenvalue weighted by atomic mass is 35.5. The Labute approximate surface area is 132 Å². The molecule has 0 aliphatic carbocycles. The van der Waals surface area contributed by atoms with Crippen molar-refractivity contribution >= 4 is 23.3 Å². The number of nitrogens with zero attached hydrogens (tertiary/aromatic N) is 1. The Morgan fingerprint density at radius 3 is 2.67 bits per heavy atom. The zero-order valence-electron chi connectivity index (χ0n) is 13.4. The number of nitrogens with one attached hydrogen (secondary N) is 2. The Morgan fingerprint density at radius 2 is 2.10 bits per heavy atom. The van der Waals surface area contributed by atoms with E-state index in [-0.39, 0.29) is 11.3 Å². The molecule has 0 aromatic carbocycles. The Hall–Kier alpha value is -1.29. The highest BCUT2D eigenvalue weighted by Gasteiger charge is 2.19. The van der Waals surface area contributed by atoms with Crippen molar-refractivity contribution in [3.8, 4) is 0 Å². The van der Waals surface area contributed by atoms with Gasteiger partial charge < -0.3 is 10.6 Å². The molecule has 0 fully saturated rings. The van der Waals surface area contributed by atoms with Gasteiger partial charge in [0.1, 0.15) is 5.82 Å². The molecule has 2 N–H and O–H groups in total. The van der Waals surface area contributed by atoms with E-state index in [1.165, 1.54) is 25.5 Å². The number of halogens is 1. The van der Waals surface area contributed by atoms with Crippen molar-refractivity contribution in [2.45, 2.75) is 46.5 Å². The van der Waals surface area contributed by atoms with Crippen LogP contribution in [0.15, 0.2) is 12.3 Å². The fourth-order valence-electron chi connectivity index (χ4n) is 2.11. The maximum Gasteiger partial charge on any atom is 0.252 e. The Morgan fingerprint density at radius 1 is 1.38 bits per heavy atom. The maximum absolute atomic E-state index is 12.1. The summed E-state index contributed by atoms with van der Waals surface area (Å²) in [5.41, 5.74) is 0.593. The van der Waals surface area contributed by atoms with Gasteiger partial charge >= 0.3 is 0 Å². The number of carbonyl (C=O) groups excluding carboxylic acids is 1. The van der Waals surface area contributed by atoms with E-state index >= 15 is 0 Å². The molecule has 21 heavy (non-hydrogen) atoms. The summed E-state index contributed by atoms with van der Waals surface area (Å²) >= 11 is 6.04. The standard InChI is InChI=1S/C16H26ClN3O/c1-5-6-7-8-16(2,3)11-20-15(21)12-9-13(17)14(18-4)19-10-12/h9-10H,5-8,11H2,1-4H3,(H,18,19)(H,20,21). The van der Waals surface area contributed by atoms with E-state index in [0.29, 0.717) is 22.9 Å². The van der Waals surface area contributed by atoms with Gasteiger partial charge in [0.2, 0.25) is 0 Å². The molecule has 5 heteroatoms. The van der Waals surface area contributed by atoms with Crippen molar-refractivity contribution in [3.05, 3.63) is 22.8 Å². The molecule has 0 aliphatic rings. The second-order valence-corrected chi connectivity index (χ2v) is 6.52. The average molecular weight is 312 g/mol. The quantitative estimate of drug-likeness (QED) is 0.710. The van der Waals surface area contributed by atoms with Crippen LogP contribution in [0.25, 0.3) is 0 Å². The molecule has 1 rings (SSSR count). The van der Waals surface area contributed by atoms with Gasteiger partial charge in [-0.25, -0.2) is 4.98 Å². The Bertz CT molecular complexity index is 475. The zero-order valence-corrected chi connectivity index (χ0v) is 14.2. The number of rotatable bonds is 8.